The van der Waals surface area contributed by atoms with Crippen LogP contribution in [0.1, 0.15) is 12.8 Å². The van der Waals surface area contributed by atoms with Gasteiger partial charge in [0.15, 0.2) is 11.5 Å². The molecule has 1 aliphatic rings. The number of carbonyl (C=O) groups is 1. The Balaban J connectivity index is 1.72. The fourth-order valence-corrected chi connectivity index (χ4v) is 1.65. The molecule has 1 fully saturated rings. The van der Waals surface area contributed by atoms with E-state index in [0.717, 1.165) is 12.8 Å². The highest BCUT2D eigenvalue weighted by molar-refractivity contribution is 5.87. The molecule has 2 aromatic heterocycles. The minimum atomic E-state index is -0.0534. The molecule has 1 saturated carbocycles. The Kier molecular flexibility index (Phi) is 2.47. The van der Waals surface area contributed by atoms with Gasteiger partial charge in [0, 0.05) is 6.04 Å². The zero-order chi connectivity index (χ0) is 12.5. The number of nitrogens with two attached hydrogens (primary N) is 1. The number of nitrogen functional groups attached to an aromatic ring is 1. The quantitative estimate of drug-likeness (QED) is 0.584. The Morgan fingerprint density at radius 1 is 1.50 bits per heavy atom. The van der Waals surface area contributed by atoms with Crippen LogP contribution in [0.3, 0.4) is 0 Å². The molecule has 1 amide bonds. The third-order valence-corrected chi connectivity index (χ3v) is 2.66. The molecule has 2 aromatic rings. The maximum Gasteiger partial charge on any atom is 0.239 e. The minimum Gasteiger partial charge on any atom is -0.368 e. The number of aromatic amines is 1. The van der Waals surface area contributed by atoms with E-state index in [2.05, 4.69) is 30.6 Å². The number of carbonyl (C=O) groups excluding carboxylic acids is 1. The molecule has 0 aromatic carbocycles. The topological polar surface area (TPSA) is 122 Å². The molecule has 0 saturated heterocycles. The molecule has 1 aliphatic carbocycles. The van der Waals surface area contributed by atoms with Crippen LogP contribution in [-0.4, -0.2) is 38.4 Å². The van der Waals surface area contributed by atoms with Crippen molar-refractivity contribution in [1.82, 2.24) is 25.3 Å². The van der Waals surface area contributed by atoms with Crippen molar-refractivity contribution in [3.05, 3.63) is 6.33 Å². The summed E-state index contributed by atoms with van der Waals surface area (Å²) in [4.78, 5) is 26.5. The molecule has 8 nitrogen and oxygen atoms in total. The summed E-state index contributed by atoms with van der Waals surface area (Å²) in [5.41, 5.74) is 6.69. The summed E-state index contributed by atoms with van der Waals surface area (Å²) >= 11 is 0. The molecular weight excluding hydrogens is 234 g/mol. The van der Waals surface area contributed by atoms with Crippen LogP contribution in [0, 0.1) is 0 Å². The van der Waals surface area contributed by atoms with Crippen molar-refractivity contribution in [2.45, 2.75) is 18.9 Å². The normalized spacial score (nSPS) is 14.7. The highest BCUT2D eigenvalue weighted by Crippen LogP contribution is 2.19. The van der Waals surface area contributed by atoms with E-state index in [1.165, 1.54) is 6.33 Å². The number of aromatic nitrogens is 4. The van der Waals surface area contributed by atoms with E-state index in [1.807, 2.05) is 0 Å². The second kappa shape index (κ2) is 4.13. The summed E-state index contributed by atoms with van der Waals surface area (Å²) in [6, 6.07) is 0.349. The SMILES string of the molecule is Nc1nc(NCC(=O)NC2CC2)c2[nH]cnc2n1. The van der Waals surface area contributed by atoms with Crippen LogP contribution in [-0.2, 0) is 4.79 Å². The van der Waals surface area contributed by atoms with E-state index in [9.17, 15) is 4.79 Å². The minimum absolute atomic E-state index is 0.0534. The van der Waals surface area contributed by atoms with Crippen molar-refractivity contribution >= 4 is 28.8 Å². The van der Waals surface area contributed by atoms with Crippen molar-refractivity contribution in [3.8, 4) is 0 Å². The molecule has 0 radical (unpaired) electrons. The number of amides is 1. The number of rotatable bonds is 4. The first-order valence-corrected chi connectivity index (χ1v) is 5.72. The monoisotopic (exact) mass is 247 g/mol. The number of nitrogens with zero attached hydrogens (tertiary/aromatic N) is 3. The second-order valence-electron chi connectivity index (χ2n) is 4.23. The van der Waals surface area contributed by atoms with Crippen molar-refractivity contribution in [2.75, 3.05) is 17.6 Å². The van der Waals surface area contributed by atoms with Crippen molar-refractivity contribution < 1.29 is 4.79 Å². The summed E-state index contributed by atoms with van der Waals surface area (Å²) in [7, 11) is 0. The van der Waals surface area contributed by atoms with Gasteiger partial charge in [-0.2, -0.15) is 9.97 Å². The van der Waals surface area contributed by atoms with E-state index < -0.39 is 0 Å². The second-order valence-corrected chi connectivity index (χ2v) is 4.23. The fraction of sp³-hybridized carbons (Fsp3) is 0.400. The molecule has 0 unspecified atom stereocenters. The standard InChI is InChI=1S/C10H13N7O/c11-10-16-8(7-9(17-10)14-4-13-7)12-3-6(18)15-5-1-2-5/h4-5H,1-3H2,(H,15,18)(H4,11,12,13,14,16,17). The van der Waals surface area contributed by atoms with Crippen molar-refractivity contribution in [2.24, 2.45) is 0 Å². The van der Waals surface area contributed by atoms with E-state index in [-0.39, 0.29) is 18.4 Å². The molecule has 8 heteroatoms. The zero-order valence-corrected chi connectivity index (χ0v) is 9.60. The van der Waals surface area contributed by atoms with Gasteiger partial charge in [0.05, 0.1) is 12.9 Å². The third-order valence-electron chi connectivity index (χ3n) is 2.66. The van der Waals surface area contributed by atoms with Crippen molar-refractivity contribution in [3.63, 3.8) is 0 Å². The summed E-state index contributed by atoms with van der Waals surface area (Å²) in [5.74, 6) is 0.558. The lowest BCUT2D eigenvalue weighted by Gasteiger charge is -2.07. The number of anilines is 2. The van der Waals surface area contributed by atoms with Crippen LogP contribution < -0.4 is 16.4 Å². The molecule has 2 heterocycles. The van der Waals surface area contributed by atoms with Gasteiger partial charge < -0.3 is 21.4 Å². The summed E-state index contributed by atoms with van der Waals surface area (Å²) in [5, 5.41) is 5.81. The number of fused-ring (bicyclic) bond motifs is 1. The molecule has 94 valence electrons. The van der Waals surface area contributed by atoms with Gasteiger partial charge in [0.1, 0.15) is 5.52 Å². The zero-order valence-electron chi connectivity index (χ0n) is 9.60. The third kappa shape index (κ3) is 2.17. The van der Waals surface area contributed by atoms with E-state index in [0.29, 0.717) is 23.0 Å². The van der Waals surface area contributed by atoms with Gasteiger partial charge in [-0.05, 0) is 12.8 Å². The lowest BCUT2D eigenvalue weighted by molar-refractivity contribution is -0.119. The number of hydrogen-bond acceptors (Lipinski definition) is 6. The fourth-order valence-electron chi connectivity index (χ4n) is 1.65. The Morgan fingerprint density at radius 3 is 3.11 bits per heavy atom. The van der Waals surface area contributed by atoms with Gasteiger partial charge >= 0.3 is 0 Å². The smallest absolute Gasteiger partial charge is 0.239 e. The van der Waals surface area contributed by atoms with Gasteiger partial charge in [0.2, 0.25) is 11.9 Å². The maximum absolute atomic E-state index is 11.6. The molecule has 0 spiro atoms. The van der Waals surface area contributed by atoms with Crippen LogP contribution in [0.15, 0.2) is 6.33 Å². The molecule has 0 aliphatic heterocycles. The number of hydrogen-bond donors (Lipinski definition) is 4. The predicted molar refractivity (Wildman–Crippen MR) is 65.8 cm³/mol. The lowest BCUT2D eigenvalue weighted by Crippen LogP contribution is -2.31. The van der Waals surface area contributed by atoms with Gasteiger partial charge in [-0.3, -0.25) is 4.79 Å². The van der Waals surface area contributed by atoms with Crippen LogP contribution in [0.25, 0.3) is 11.2 Å². The average Bonchev–Trinajstić information content (AvgIpc) is 3.01. The number of H-pyrrole nitrogens is 1. The number of nitrogens with one attached hydrogen (secondary N) is 3. The van der Waals surface area contributed by atoms with Gasteiger partial charge in [0.25, 0.3) is 0 Å². The van der Waals surface area contributed by atoms with Crippen LogP contribution in [0.5, 0.6) is 0 Å². The van der Waals surface area contributed by atoms with Gasteiger partial charge in [-0.15, -0.1) is 0 Å². The van der Waals surface area contributed by atoms with Crippen LogP contribution in [0.4, 0.5) is 11.8 Å². The number of imidazole rings is 1. The summed E-state index contributed by atoms with van der Waals surface area (Å²) < 4.78 is 0. The average molecular weight is 247 g/mol. The largest absolute Gasteiger partial charge is 0.368 e. The molecule has 0 bridgehead atoms. The molecular formula is C10H13N7O. The molecule has 5 N–H and O–H groups in total. The van der Waals surface area contributed by atoms with Crippen LogP contribution in [0.2, 0.25) is 0 Å². The van der Waals surface area contributed by atoms with Gasteiger partial charge in [-0.25, -0.2) is 4.98 Å². The lowest BCUT2D eigenvalue weighted by atomic mass is 10.4. The first kappa shape index (κ1) is 10.8. The first-order valence-electron chi connectivity index (χ1n) is 5.72. The first-order chi connectivity index (χ1) is 8.72. The highest BCUT2D eigenvalue weighted by atomic mass is 16.2. The van der Waals surface area contributed by atoms with Crippen LogP contribution >= 0.6 is 0 Å². The van der Waals surface area contributed by atoms with Crippen molar-refractivity contribution in [1.29, 1.82) is 0 Å². The Labute approximate surface area is 102 Å². The van der Waals surface area contributed by atoms with Gasteiger partial charge in [-0.1, -0.05) is 0 Å². The maximum atomic E-state index is 11.6. The highest BCUT2D eigenvalue weighted by Gasteiger charge is 2.23. The Bertz CT molecular complexity index is 589. The van der Waals surface area contributed by atoms with E-state index in [4.69, 9.17) is 5.73 Å². The predicted octanol–water partition coefficient (Wildman–Crippen LogP) is -0.374. The Hall–Kier alpha value is -2.38. The summed E-state index contributed by atoms with van der Waals surface area (Å²) in [6.07, 6.45) is 3.64. The van der Waals surface area contributed by atoms with E-state index in [1.54, 1.807) is 0 Å². The molecule has 18 heavy (non-hydrogen) atoms. The van der Waals surface area contributed by atoms with E-state index >= 15 is 0 Å². The summed E-state index contributed by atoms with van der Waals surface area (Å²) in [6.45, 7) is 0.154. The Morgan fingerprint density at radius 2 is 2.33 bits per heavy atom. The molecule has 0 atom stereocenters. The molecule has 3 rings (SSSR count).